The lowest BCUT2D eigenvalue weighted by atomic mass is 10.1. The van der Waals surface area contributed by atoms with Gasteiger partial charge < -0.3 is 4.90 Å². The number of hydrogen-bond donors (Lipinski definition) is 0. The molecule has 1 nitrogen and oxygen atoms in total. The molecule has 0 bridgehead atoms. The minimum Gasteiger partial charge on any atom is -0.337 e. The van der Waals surface area contributed by atoms with Gasteiger partial charge in [-0.25, -0.2) is 13.2 Å². The van der Waals surface area contributed by atoms with Crippen LogP contribution in [0, 0.1) is 17.5 Å². The number of halogens is 4. The average Bonchev–Trinajstić information content (AvgIpc) is 2.43. The molecule has 0 aliphatic heterocycles. The van der Waals surface area contributed by atoms with Crippen LogP contribution in [-0.4, -0.2) is 6.54 Å². The van der Waals surface area contributed by atoms with Gasteiger partial charge in [-0.1, -0.05) is 0 Å². The van der Waals surface area contributed by atoms with Gasteiger partial charge in [-0.15, -0.1) is 11.6 Å². The van der Waals surface area contributed by atoms with Gasteiger partial charge in [-0.3, -0.25) is 0 Å². The lowest BCUT2D eigenvalue weighted by molar-refractivity contribution is 0.579. The van der Waals surface area contributed by atoms with Crippen LogP contribution in [0.1, 0.15) is 12.5 Å². The predicted molar refractivity (Wildman–Crippen MR) is 75.0 cm³/mol. The van der Waals surface area contributed by atoms with E-state index in [4.69, 9.17) is 11.6 Å². The van der Waals surface area contributed by atoms with E-state index in [1.165, 1.54) is 41.3 Å². The number of hydrogen-bond acceptors (Lipinski definition) is 1. The van der Waals surface area contributed by atoms with Crippen LogP contribution in [0.2, 0.25) is 0 Å². The molecule has 106 valence electrons. The maximum Gasteiger partial charge on any atom is 0.150 e. The molecule has 0 aromatic heterocycles. The SMILES string of the molecule is CCN(c1ccc(F)cc1)c1c(F)cc(CCl)cc1F. The molecule has 2 aromatic carbocycles. The van der Waals surface area contributed by atoms with Crippen molar-refractivity contribution in [2.75, 3.05) is 11.4 Å². The highest BCUT2D eigenvalue weighted by molar-refractivity contribution is 6.17. The highest BCUT2D eigenvalue weighted by atomic mass is 35.5. The van der Waals surface area contributed by atoms with Crippen LogP contribution in [0.25, 0.3) is 0 Å². The first-order valence-electron chi connectivity index (χ1n) is 6.13. The Hall–Kier alpha value is -1.68. The molecule has 0 amide bonds. The van der Waals surface area contributed by atoms with Crippen LogP contribution in [0.15, 0.2) is 36.4 Å². The summed E-state index contributed by atoms with van der Waals surface area (Å²) in [6.45, 7) is 2.11. The fraction of sp³-hybridized carbons (Fsp3) is 0.200. The second-order valence-electron chi connectivity index (χ2n) is 4.26. The second-order valence-corrected chi connectivity index (χ2v) is 4.53. The molecule has 5 heteroatoms. The third-order valence-electron chi connectivity index (χ3n) is 2.96. The summed E-state index contributed by atoms with van der Waals surface area (Å²) in [6.07, 6.45) is 0. The normalized spacial score (nSPS) is 10.7. The molecule has 0 atom stereocenters. The molecular weight excluding hydrogens is 287 g/mol. The molecule has 0 heterocycles. The van der Waals surface area contributed by atoms with Gasteiger partial charge in [0.2, 0.25) is 0 Å². The van der Waals surface area contributed by atoms with Crippen molar-refractivity contribution in [2.24, 2.45) is 0 Å². The van der Waals surface area contributed by atoms with Gasteiger partial charge in [-0.2, -0.15) is 0 Å². The first kappa shape index (κ1) is 14.7. The van der Waals surface area contributed by atoms with Crippen LogP contribution >= 0.6 is 11.6 Å². The Bertz CT molecular complexity index is 576. The zero-order chi connectivity index (χ0) is 14.7. The summed E-state index contributed by atoms with van der Waals surface area (Å²) in [5.74, 6) is -1.74. The van der Waals surface area contributed by atoms with Gasteiger partial charge in [0.15, 0.2) is 0 Å². The number of benzene rings is 2. The molecule has 0 spiro atoms. The largest absolute Gasteiger partial charge is 0.337 e. The molecule has 0 saturated heterocycles. The lowest BCUT2D eigenvalue weighted by Gasteiger charge is -2.24. The number of nitrogens with zero attached hydrogens (tertiary/aromatic N) is 1. The maximum absolute atomic E-state index is 14.1. The molecule has 0 aliphatic carbocycles. The number of anilines is 2. The zero-order valence-corrected chi connectivity index (χ0v) is 11.6. The van der Waals surface area contributed by atoms with E-state index in [1.807, 2.05) is 0 Å². The van der Waals surface area contributed by atoms with E-state index in [9.17, 15) is 13.2 Å². The molecule has 2 rings (SSSR count). The fourth-order valence-corrected chi connectivity index (χ4v) is 2.20. The van der Waals surface area contributed by atoms with Gasteiger partial charge in [0, 0.05) is 18.1 Å². The van der Waals surface area contributed by atoms with E-state index in [-0.39, 0.29) is 11.6 Å². The van der Waals surface area contributed by atoms with Gasteiger partial charge in [-0.05, 0) is 48.9 Å². The summed E-state index contributed by atoms with van der Waals surface area (Å²) in [5.41, 5.74) is 0.735. The summed E-state index contributed by atoms with van der Waals surface area (Å²) in [7, 11) is 0. The Kier molecular flexibility index (Phi) is 4.55. The Morgan fingerprint density at radius 1 is 1.00 bits per heavy atom. The van der Waals surface area contributed by atoms with E-state index in [0.717, 1.165) is 0 Å². The molecule has 20 heavy (non-hydrogen) atoms. The average molecular weight is 300 g/mol. The Balaban J connectivity index is 2.49. The van der Waals surface area contributed by atoms with Crippen molar-refractivity contribution >= 4 is 23.0 Å². The summed E-state index contributed by atoms with van der Waals surface area (Å²) in [4.78, 5) is 1.45. The molecule has 0 fully saturated rings. The Morgan fingerprint density at radius 2 is 1.55 bits per heavy atom. The van der Waals surface area contributed by atoms with Crippen molar-refractivity contribution in [3.8, 4) is 0 Å². The summed E-state index contributed by atoms with van der Waals surface area (Å²) >= 11 is 5.58. The first-order valence-corrected chi connectivity index (χ1v) is 6.67. The van der Waals surface area contributed by atoms with E-state index >= 15 is 0 Å². The van der Waals surface area contributed by atoms with E-state index in [1.54, 1.807) is 6.92 Å². The maximum atomic E-state index is 14.1. The molecule has 0 N–H and O–H groups in total. The number of alkyl halides is 1. The van der Waals surface area contributed by atoms with E-state index < -0.39 is 17.5 Å². The molecule has 0 saturated carbocycles. The summed E-state index contributed by atoms with van der Waals surface area (Å²) in [6, 6.07) is 7.87. The van der Waals surface area contributed by atoms with E-state index in [2.05, 4.69) is 0 Å². The van der Waals surface area contributed by atoms with Crippen molar-refractivity contribution in [1.29, 1.82) is 0 Å². The van der Waals surface area contributed by atoms with Crippen molar-refractivity contribution in [2.45, 2.75) is 12.8 Å². The number of rotatable bonds is 4. The highest BCUT2D eigenvalue weighted by Crippen LogP contribution is 2.31. The van der Waals surface area contributed by atoms with Crippen molar-refractivity contribution < 1.29 is 13.2 Å². The van der Waals surface area contributed by atoms with Crippen molar-refractivity contribution in [3.63, 3.8) is 0 Å². The Labute approximate surface area is 120 Å². The Morgan fingerprint density at radius 3 is 2.00 bits per heavy atom. The van der Waals surface area contributed by atoms with Crippen LogP contribution in [0.4, 0.5) is 24.5 Å². The quantitative estimate of drug-likeness (QED) is 0.718. The van der Waals surface area contributed by atoms with Crippen molar-refractivity contribution in [1.82, 2.24) is 0 Å². The van der Waals surface area contributed by atoms with Crippen LogP contribution < -0.4 is 4.90 Å². The molecule has 0 aliphatic rings. The smallest absolute Gasteiger partial charge is 0.150 e. The molecule has 0 unspecified atom stereocenters. The summed E-state index contributed by atoms with van der Waals surface area (Å²) < 4.78 is 41.1. The third kappa shape index (κ3) is 2.90. The highest BCUT2D eigenvalue weighted by Gasteiger charge is 2.18. The van der Waals surface area contributed by atoms with E-state index in [0.29, 0.717) is 17.8 Å². The van der Waals surface area contributed by atoms with Gasteiger partial charge in [0.05, 0.1) is 0 Å². The molecule has 2 aromatic rings. The standard InChI is InChI=1S/C15H13ClF3N/c1-2-20(12-5-3-11(17)4-6-12)15-13(18)7-10(9-16)8-14(15)19/h3-8H,2,9H2,1H3. The van der Waals surface area contributed by atoms with Crippen molar-refractivity contribution in [3.05, 3.63) is 59.4 Å². The third-order valence-corrected chi connectivity index (χ3v) is 3.26. The zero-order valence-electron chi connectivity index (χ0n) is 10.8. The fourth-order valence-electron chi connectivity index (χ4n) is 2.04. The first-order chi connectivity index (χ1) is 9.56. The lowest BCUT2D eigenvalue weighted by Crippen LogP contribution is -2.19. The van der Waals surface area contributed by atoms with Crippen LogP contribution in [-0.2, 0) is 5.88 Å². The van der Waals surface area contributed by atoms with Crippen LogP contribution in [0.5, 0.6) is 0 Å². The monoisotopic (exact) mass is 299 g/mol. The predicted octanol–water partition coefficient (Wildman–Crippen LogP) is 5.00. The summed E-state index contributed by atoms with van der Waals surface area (Å²) in [5, 5.41) is 0. The van der Waals surface area contributed by atoms with Gasteiger partial charge in [0.25, 0.3) is 0 Å². The van der Waals surface area contributed by atoms with Gasteiger partial charge >= 0.3 is 0 Å². The topological polar surface area (TPSA) is 3.24 Å². The minimum atomic E-state index is -0.688. The van der Waals surface area contributed by atoms with Crippen LogP contribution in [0.3, 0.4) is 0 Å². The minimum absolute atomic E-state index is 0.0385. The second kappa shape index (κ2) is 6.18. The molecular formula is C15H13ClF3N. The van der Waals surface area contributed by atoms with Gasteiger partial charge in [0.1, 0.15) is 23.1 Å². The molecule has 0 radical (unpaired) electrons.